The van der Waals surface area contributed by atoms with Crippen molar-refractivity contribution in [1.82, 2.24) is 0 Å². The molecule has 1 unspecified atom stereocenters. The van der Waals surface area contributed by atoms with Gasteiger partial charge in [0.2, 0.25) is 0 Å². The van der Waals surface area contributed by atoms with Gasteiger partial charge in [0.05, 0.1) is 5.25 Å². The van der Waals surface area contributed by atoms with Crippen LogP contribution in [0.4, 0.5) is 0 Å². The summed E-state index contributed by atoms with van der Waals surface area (Å²) >= 11 is 1.68. The summed E-state index contributed by atoms with van der Waals surface area (Å²) in [6.45, 7) is 0. The van der Waals surface area contributed by atoms with E-state index in [1.807, 2.05) is 12.1 Å². The van der Waals surface area contributed by atoms with E-state index in [9.17, 15) is 4.79 Å². The van der Waals surface area contributed by atoms with Crippen molar-refractivity contribution in [1.29, 1.82) is 0 Å². The highest BCUT2D eigenvalue weighted by Crippen LogP contribution is 2.39. The lowest BCUT2D eigenvalue weighted by molar-refractivity contribution is -0.113. The van der Waals surface area contributed by atoms with Crippen molar-refractivity contribution in [2.45, 2.75) is 16.6 Å². The summed E-state index contributed by atoms with van der Waals surface area (Å²) < 4.78 is 0. The number of allylic oxidation sites excluding steroid dienone is 3. The molecule has 0 radical (unpaired) electrons. The Bertz CT molecular complexity index is 490. The summed E-state index contributed by atoms with van der Waals surface area (Å²) in [4.78, 5) is 12.9. The molecule has 1 nitrogen and oxygen atoms in total. The largest absolute Gasteiger partial charge is 0.293 e. The second kappa shape index (κ2) is 4.75. The molecule has 0 amide bonds. The van der Waals surface area contributed by atoms with Crippen LogP contribution in [0.25, 0.3) is 0 Å². The highest BCUT2D eigenvalue weighted by molar-refractivity contribution is 14.0. The molecule has 1 aliphatic carbocycles. The fourth-order valence-corrected chi connectivity index (χ4v) is 3.23. The molecule has 0 fully saturated rings. The van der Waals surface area contributed by atoms with E-state index in [-0.39, 0.29) is 35.0 Å². The minimum Gasteiger partial charge on any atom is -0.293 e. The first-order chi connectivity index (χ1) is 7.34. The van der Waals surface area contributed by atoms with E-state index in [0.29, 0.717) is 0 Å². The molecule has 16 heavy (non-hydrogen) atoms. The number of ketones is 1. The molecule has 3 heteroatoms. The van der Waals surface area contributed by atoms with Gasteiger partial charge in [-0.25, -0.2) is 0 Å². The van der Waals surface area contributed by atoms with Gasteiger partial charge < -0.3 is 0 Å². The SMILES string of the molecule is I.O=C1C=CC=C2Cc3ccccc3SC12. The van der Waals surface area contributed by atoms with Crippen molar-refractivity contribution >= 4 is 41.5 Å². The van der Waals surface area contributed by atoms with Crippen molar-refractivity contribution in [3.63, 3.8) is 0 Å². The fraction of sp³-hybridized carbons (Fsp3) is 0.154. The number of carbonyl (C=O) groups excluding carboxylic acids is 1. The summed E-state index contributed by atoms with van der Waals surface area (Å²) in [5, 5.41) is 0.0323. The van der Waals surface area contributed by atoms with E-state index in [2.05, 4.69) is 24.3 Å². The number of halogens is 1. The molecule has 1 atom stereocenters. The number of hydrogen-bond acceptors (Lipinski definition) is 2. The molecular formula is C13H11IOS. The second-order valence-electron chi connectivity index (χ2n) is 3.79. The second-order valence-corrected chi connectivity index (χ2v) is 4.93. The standard InChI is InChI=1S/C13H10OS.HI/c14-11-6-3-5-10-8-9-4-1-2-7-12(9)15-13(10)11;/h1-7,13H,8H2;1H. The molecule has 0 saturated heterocycles. The average molecular weight is 342 g/mol. The molecule has 82 valence electrons. The number of thioether (sulfide) groups is 1. The van der Waals surface area contributed by atoms with Gasteiger partial charge in [-0.15, -0.1) is 35.7 Å². The van der Waals surface area contributed by atoms with Crippen LogP contribution in [-0.4, -0.2) is 11.0 Å². The zero-order chi connectivity index (χ0) is 10.3. The minimum atomic E-state index is 0. The molecule has 1 aliphatic heterocycles. The van der Waals surface area contributed by atoms with Crippen LogP contribution in [0.15, 0.2) is 53.0 Å². The number of hydrogen-bond donors (Lipinski definition) is 0. The van der Waals surface area contributed by atoms with Gasteiger partial charge in [-0.2, -0.15) is 0 Å². The summed E-state index contributed by atoms with van der Waals surface area (Å²) in [6, 6.07) is 8.33. The Hall–Kier alpha value is -0.550. The molecule has 1 aromatic carbocycles. The fourth-order valence-electron chi connectivity index (χ4n) is 2.02. The van der Waals surface area contributed by atoms with Crippen molar-refractivity contribution in [2.24, 2.45) is 0 Å². The quantitative estimate of drug-likeness (QED) is 0.673. The maximum atomic E-state index is 11.7. The van der Waals surface area contributed by atoms with Crippen molar-refractivity contribution in [3.05, 3.63) is 53.6 Å². The van der Waals surface area contributed by atoms with Crippen LogP contribution in [0.3, 0.4) is 0 Å². The number of benzene rings is 1. The number of rotatable bonds is 0. The highest BCUT2D eigenvalue weighted by Gasteiger charge is 2.29. The van der Waals surface area contributed by atoms with Gasteiger partial charge in [0.15, 0.2) is 5.78 Å². The summed E-state index contributed by atoms with van der Waals surface area (Å²) in [5.74, 6) is 0.229. The molecule has 0 aromatic heterocycles. The highest BCUT2D eigenvalue weighted by atomic mass is 127. The van der Waals surface area contributed by atoms with E-state index in [1.165, 1.54) is 16.0 Å². The maximum absolute atomic E-state index is 11.7. The Morgan fingerprint density at radius 3 is 2.94 bits per heavy atom. The molecule has 1 heterocycles. The van der Waals surface area contributed by atoms with Crippen LogP contribution in [0.2, 0.25) is 0 Å². The molecule has 0 N–H and O–H groups in total. The Balaban J connectivity index is 0.000000963. The van der Waals surface area contributed by atoms with Crippen molar-refractivity contribution in [2.75, 3.05) is 0 Å². The van der Waals surface area contributed by atoms with Gasteiger partial charge in [0, 0.05) is 4.90 Å². The molecule has 2 aliphatic rings. The smallest absolute Gasteiger partial charge is 0.173 e. The third kappa shape index (κ3) is 1.98. The van der Waals surface area contributed by atoms with Crippen LogP contribution in [-0.2, 0) is 11.2 Å². The first-order valence-electron chi connectivity index (χ1n) is 5.00. The Kier molecular flexibility index (Phi) is 3.54. The van der Waals surface area contributed by atoms with Crippen LogP contribution >= 0.6 is 35.7 Å². The molecule has 0 spiro atoms. The Morgan fingerprint density at radius 2 is 2.06 bits per heavy atom. The molecule has 0 saturated carbocycles. The van der Waals surface area contributed by atoms with Crippen LogP contribution in [0, 0.1) is 0 Å². The van der Waals surface area contributed by atoms with E-state index in [0.717, 1.165) is 6.42 Å². The normalized spacial score (nSPS) is 21.6. The van der Waals surface area contributed by atoms with E-state index in [1.54, 1.807) is 17.8 Å². The van der Waals surface area contributed by atoms with E-state index in [4.69, 9.17) is 0 Å². The summed E-state index contributed by atoms with van der Waals surface area (Å²) in [7, 11) is 0. The predicted molar refractivity (Wildman–Crippen MR) is 77.4 cm³/mol. The van der Waals surface area contributed by atoms with Crippen molar-refractivity contribution < 1.29 is 4.79 Å². The van der Waals surface area contributed by atoms with Crippen LogP contribution in [0.5, 0.6) is 0 Å². The van der Waals surface area contributed by atoms with Crippen LogP contribution in [0.1, 0.15) is 5.56 Å². The Morgan fingerprint density at radius 1 is 1.25 bits per heavy atom. The summed E-state index contributed by atoms with van der Waals surface area (Å²) in [6.07, 6.45) is 6.54. The van der Waals surface area contributed by atoms with Gasteiger partial charge in [-0.1, -0.05) is 30.4 Å². The van der Waals surface area contributed by atoms with E-state index < -0.39 is 0 Å². The monoisotopic (exact) mass is 342 g/mol. The first-order valence-corrected chi connectivity index (χ1v) is 5.88. The Labute approximate surface area is 116 Å². The maximum Gasteiger partial charge on any atom is 0.173 e. The number of carbonyl (C=O) groups is 1. The molecular weight excluding hydrogens is 331 g/mol. The third-order valence-electron chi connectivity index (χ3n) is 2.78. The molecule has 3 rings (SSSR count). The van der Waals surface area contributed by atoms with E-state index >= 15 is 0 Å². The van der Waals surface area contributed by atoms with Gasteiger partial charge in [0.25, 0.3) is 0 Å². The minimum absolute atomic E-state index is 0. The van der Waals surface area contributed by atoms with Gasteiger partial charge >= 0.3 is 0 Å². The molecule has 1 aromatic rings. The van der Waals surface area contributed by atoms with Gasteiger partial charge in [-0.05, 0) is 29.7 Å². The number of fused-ring (bicyclic) bond motifs is 2. The predicted octanol–water partition coefficient (Wildman–Crippen LogP) is 3.39. The van der Waals surface area contributed by atoms with Crippen LogP contribution < -0.4 is 0 Å². The molecule has 0 bridgehead atoms. The lowest BCUT2D eigenvalue weighted by Crippen LogP contribution is -2.24. The average Bonchev–Trinajstić information content (AvgIpc) is 2.27. The zero-order valence-electron chi connectivity index (χ0n) is 8.55. The summed E-state index contributed by atoms with van der Waals surface area (Å²) in [5.41, 5.74) is 2.58. The third-order valence-corrected chi connectivity index (χ3v) is 4.20. The van der Waals surface area contributed by atoms with Gasteiger partial charge in [0.1, 0.15) is 0 Å². The lowest BCUT2D eigenvalue weighted by Gasteiger charge is -2.26. The van der Waals surface area contributed by atoms with Crippen molar-refractivity contribution in [3.8, 4) is 0 Å². The lowest BCUT2D eigenvalue weighted by atomic mass is 9.96. The first kappa shape index (κ1) is 11.9. The zero-order valence-corrected chi connectivity index (χ0v) is 11.7. The topological polar surface area (TPSA) is 17.1 Å². The van der Waals surface area contributed by atoms with Gasteiger partial charge in [-0.3, -0.25) is 4.79 Å².